The Balaban J connectivity index is 2.36. The molecule has 9 nitrogen and oxygen atoms in total. The third-order valence-electron chi connectivity index (χ3n) is 6.60. The van der Waals surface area contributed by atoms with E-state index in [9.17, 15) is 24.3 Å². The van der Waals surface area contributed by atoms with Crippen LogP contribution in [0.25, 0.3) is 0 Å². The molecule has 35 heavy (non-hydrogen) atoms. The second-order valence-corrected chi connectivity index (χ2v) is 9.09. The Morgan fingerprint density at radius 2 is 1.54 bits per heavy atom. The summed E-state index contributed by atoms with van der Waals surface area (Å²) in [5.41, 5.74) is 6.55. The van der Waals surface area contributed by atoms with Crippen molar-refractivity contribution in [2.75, 3.05) is 0 Å². The summed E-state index contributed by atoms with van der Waals surface area (Å²) in [6, 6.07) is 3.18. The van der Waals surface area contributed by atoms with Gasteiger partial charge >= 0.3 is 23.9 Å². The van der Waals surface area contributed by atoms with Crippen molar-refractivity contribution in [2.45, 2.75) is 90.7 Å². The van der Waals surface area contributed by atoms with Crippen LogP contribution >= 0.6 is 0 Å². The van der Waals surface area contributed by atoms with Gasteiger partial charge in [-0.1, -0.05) is 46.1 Å². The number of rotatable bonds is 11. The van der Waals surface area contributed by atoms with E-state index in [1.165, 1.54) is 12.1 Å². The van der Waals surface area contributed by atoms with Gasteiger partial charge in [0.15, 0.2) is 11.5 Å². The molecule has 0 aliphatic heterocycles. The molecular weight excluding hydrogens is 454 g/mol. The van der Waals surface area contributed by atoms with Crippen LogP contribution in [0.3, 0.4) is 0 Å². The van der Waals surface area contributed by atoms with Crippen LogP contribution in [-0.4, -0.2) is 41.1 Å². The summed E-state index contributed by atoms with van der Waals surface area (Å²) in [5, 5.41) is 9.70. The molecule has 0 bridgehead atoms. The summed E-state index contributed by atoms with van der Waals surface area (Å²) in [5.74, 6) is -3.90. The average Bonchev–Trinajstić information content (AvgIpc) is 2.85. The third-order valence-corrected chi connectivity index (χ3v) is 6.60. The van der Waals surface area contributed by atoms with Crippen LogP contribution in [-0.2, 0) is 23.9 Å². The Bertz CT molecular complexity index is 909. The smallest absolute Gasteiger partial charge is 0.321 e. The van der Waals surface area contributed by atoms with E-state index in [2.05, 4.69) is 0 Å². The highest BCUT2D eigenvalue weighted by Gasteiger charge is 2.36. The molecule has 0 spiro atoms. The van der Waals surface area contributed by atoms with E-state index in [-0.39, 0.29) is 36.2 Å². The van der Waals surface area contributed by atoms with Crippen LogP contribution < -0.4 is 15.2 Å². The number of hydrogen-bond donors (Lipinski definition) is 2. The molecule has 4 atom stereocenters. The van der Waals surface area contributed by atoms with Gasteiger partial charge in [-0.25, -0.2) is 0 Å². The molecule has 3 unspecified atom stereocenters. The minimum Gasteiger partial charge on any atom is -0.480 e. The molecule has 0 amide bonds. The van der Waals surface area contributed by atoms with Crippen LogP contribution in [0.4, 0.5) is 0 Å². The molecule has 0 heterocycles. The van der Waals surface area contributed by atoms with Crippen molar-refractivity contribution in [3.05, 3.63) is 23.8 Å². The Labute approximate surface area is 206 Å². The summed E-state index contributed by atoms with van der Waals surface area (Å²) in [7, 11) is 0. The number of carbonyl (C=O) groups excluding carboxylic acids is 3. The van der Waals surface area contributed by atoms with E-state index in [1.807, 2.05) is 0 Å². The molecule has 1 saturated carbocycles. The summed E-state index contributed by atoms with van der Waals surface area (Å²) in [6.07, 6.45) is 4.28. The minimum atomic E-state index is -1.32. The van der Waals surface area contributed by atoms with Gasteiger partial charge < -0.3 is 25.1 Å². The lowest BCUT2D eigenvalue weighted by Crippen LogP contribution is -2.43. The summed E-state index contributed by atoms with van der Waals surface area (Å²) < 4.78 is 16.4. The first kappa shape index (κ1) is 28.3. The zero-order valence-electron chi connectivity index (χ0n) is 21.0. The standard InChI is InChI=1S/C26H37NO8/c1-5-21(28)34-19-13-12-18(14-20(19)35-22(29)6-2)23(24(27)25(30)31)15(3)16(4)33-26(32)17-10-8-7-9-11-17/h12-17,23-24H,5-11,27H2,1-4H3,(H,30,31)/t15?,16?,23?,24-/m0/s1. The normalized spacial score (nSPS) is 17.5. The first-order valence-electron chi connectivity index (χ1n) is 12.3. The van der Waals surface area contributed by atoms with Crippen molar-refractivity contribution in [3.8, 4) is 11.5 Å². The first-order valence-corrected chi connectivity index (χ1v) is 12.3. The molecule has 1 aliphatic carbocycles. The zero-order valence-corrected chi connectivity index (χ0v) is 21.0. The van der Waals surface area contributed by atoms with Gasteiger partial charge in [0.05, 0.1) is 5.92 Å². The number of carboxylic acid groups (broad SMARTS) is 1. The van der Waals surface area contributed by atoms with Gasteiger partial charge in [0, 0.05) is 24.7 Å². The van der Waals surface area contributed by atoms with E-state index < -0.39 is 41.9 Å². The van der Waals surface area contributed by atoms with E-state index in [0.29, 0.717) is 5.56 Å². The quantitative estimate of drug-likeness (QED) is 0.347. The van der Waals surface area contributed by atoms with Gasteiger partial charge in [-0.05, 0) is 37.5 Å². The van der Waals surface area contributed by atoms with Crippen LogP contribution in [0.1, 0.15) is 84.1 Å². The summed E-state index contributed by atoms with van der Waals surface area (Å²) in [4.78, 5) is 48.4. The molecule has 3 N–H and O–H groups in total. The van der Waals surface area contributed by atoms with Crippen molar-refractivity contribution < 1.29 is 38.5 Å². The Kier molecular flexibility index (Phi) is 10.7. The predicted molar refractivity (Wildman–Crippen MR) is 128 cm³/mol. The molecule has 1 aliphatic rings. The number of esters is 3. The molecule has 9 heteroatoms. The fourth-order valence-corrected chi connectivity index (χ4v) is 4.29. The number of benzene rings is 1. The number of nitrogens with two attached hydrogens (primary N) is 1. The maximum atomic E-state index is 12.7. The first-order chi connectivity index (χ1) is 16.6. The highest BCUT2D eigenvalue weighted by Crippen LogP contribution is 2.37. The van der Waals surface area contributed by atoms with Crippen LogP contribution in [0.15, 0.2) is 18.2 Å². The number of hydrogen-bond acceptors (Lipinski definition) is 8. The predicted octanol–water partition coefficient (Wildman–Crippen LogP) is 3.96. The fourth-order valence-electron chi connectivity index (χ4n) is 4.29. The molecule has 2 rings (SSSR count). The molecule has 1 aromatic carbocycles. The Morgan fingerprint density at radius 1 is 0.971 bits per heavy atom. The van der Waals surface area contributed by atoms with Gasteiger partial charge in [-0.15, -0.1) is 0 Å². The molecule has 1 aromatic rings. The van der Waals surface area contributed by atoms with Crippen LogP contribution in [0.2, 0.25) is 0 Å². The lowest BCUT2D eigenvalue weighted by atomic mass is 9.79. The van der Waals surface area contributed by atoms with Crippen molar-refractivity contribution in [1.82, 2.24) is 0 Å². The van der Waals surface area contributed by atoms with Gasteiger partial charge in [0.1, 0.15) is 12.1 Å². The van der Waals surface area contributed by atoms with Crippen LogP contribution in [0.5, 0.6) is 11.5 Å². The molecule has 0 radical (unpaired) electrons. The second-order valence-electron chi connectivity index (χ2n) is 9.09. The van der Waals surface area contributed by atoms with Gasteiger partial charge in [-0.2, -0.15) is 0 Å². The summed E-state index contributed by atoms with van der Waals surface area (Å²) >= 11 is 0. The van der Waals surface area contributed by atoms with Crippen molar-refractivity contribution in [1.29, 1.82) is 0 Å². The third kappa shape index (κ3) is 7.78. The van der Waals surface area contributed by atoms with Crippen molar-refractivity contribution in [2.24, 2.45) is 17.6 Å². The largest absolute Gasteiger partial charge is 0.480 e. The number of carbonyl (C=O) groups is 4. The van der Waals surface area contributed by atoms with E-state index in [4.69, 9.17) is 19.9 Å². The number of aliphatic carboxylic acids is 1. The summed E-state index contributed by atoms with van der Waals surface area (Å²) in [6.45, 7) is 6.75. The maximum absolute atomic E-state index is 12.7. The SMILES string of the molecule is CCC(=O)Oc1ccc(C(C(C)C(C)OC(=O)C2CCCCC2)[C@H](N)C(=O)O)cc1OC(=O)CC. The lowest BCUT2D eigenvalue weighted by molar-refractivity contribution is -0.157. The molecule has 1 fully saturated rings. The monoisotopic (exact) mass is 491 g/mol. The highest BCUT2D eigenvalue weighted by molar-refractivity contribution is 5.77. The average molecular weight is 492 g/mol. The van der Waals surface area contributed by atoms with Crippen molar-refractivity contribution in [3.63, 3.8) is 0 Å². The molecular formula is C26H37NO8. The van der Waals surface area contributed by atoms with Crippen molar-refractivity contribution >= 4 is 23.9 Å². The Hall–Kier alpha value is -2.94. The molecule has 0 saturated heterocycles. The maximum Gasteiger partial charge on any atom is 0.321 e. The van der Waals surface area contributed by atoms with E-state index >= 15 is 0 Å². The van der Waals surface area contributed by atoms with Crippen LogP contribution in [0, 0.1) is 11.8 Å². The molecule has 194 valence electrons. The second kappa shape index (κ2) is 13.2. The highest BCUT2D eigenvalue weighted by atomic mass is 16.6. The lowest BCUT2D eigenvalue weighted by Gasteiger charge is -2.33. The van der Waals surface area contributed by atoms with Gasteiger partial charge in [0.25, 0.3) is 0 Å². The zero-order chi connectivity index (χ0) is 26.1. The van der Waals surface area contributed by atoms with E-state index in [0.717, 1.165) is 32.1 Å². The Morgan fingerprint density at radius 3 is 2.09 bits per heavy atom. The molecule has 0 aromatic heterocycles. The van der Waals surface area contributed by atoms with Gasteiger partial charge in [-0.3, -0.25) is 19.2 Å². The minimum absolute atomic E-state index is 0.00204. The van der Waals surface area contributed by atoms with E-state index in [1.54, 1.807) is 33.8 Å². The number of ether oxygens (including phenoxy) is 3. The van der Waals surface area contributed by atoms with Gasteiger partial charge in [0.2, 0.25) is 0 Å². The topological polar surface area (TPSA) is 142 Å². The fraction of sp³-hybridized carbons (Fsp3) is 0.615. The number of carboxylic acids is 1.